The Morgan fingerprint density at radius 1 is 1.06 bits per heavy atom. The quantitative estimate of drug-likeness (QED) is 0.806. The lowest BCUT2D eigenvalue weighted by Gasteiger charge is -2.15. The fourth-order valence-electron chi connectivity index (χ4n) is 3.34. The average molecular weight is 257 g/mol. The maximum Gasteiger partial charge on any atom is 0.0988 e. The first-order chi connectivity index (χ1) is 7.65. The first-order valence-corrected chi connectivity index (χ1v) is 6.58. The van der Waals surface area contributed by atoms with Gasteiger partial charge in [0.25, 0.3) is 0 Å². The number of fused-ring (bicyclic) bond motifs is 1. The summed E-state index contributed by atoms with van der Waals surface area (Å²) in [6.07, 6.45) is 4.63. The molecule has 0 spiro atoms. The van der Waals surface area contributed by atoms with Crippen LogP contribution in [0, 0.1) is 11.8 Å². The highest BCUT2D eigenvalue weighted by Crippen LogP contribution is 2.66. The Morgan fingerprint density at radius 2 is 1.56 bits per heavy atom. The Balaban J connectivity index is 2.04. The molecule has 0 amide bonds. The van der Waals surface area contributed by atoms with Gasteiger partial charge in [0.2, 0.25) is 0 Å². The molecule has 2 saturated carbocycles. The summed E-state index contributed by atoms with van der Waals surface area (Å²) >= 11 is 12.3. The minimum atomic E-state index is -0.744. The van der Waals surface area contributed by atoms with Crippen LogP contribution in [0.3, 0.4) is 0 Å². The molecule has 3 heteroatoms. The van der Waals surface area contributed by atoms with Gasteiger partial charge >= 0.3 is 0 Å². The number of aliphatic hydroxyl groups is 1. The zero-order valence-electron chi connectivity index (χ0n) is 8.92. The third-order valence-electron chi connectivity index (χ3n) is 4.15. The van der Waals surface area contributed by atoms with Gasteiger partial charge in [0.15, 0.2) is 0 Å². The van der Waals surface area contributed by atoms with E-state index < -0.39 is 5.60 Å². The summed E-state index contributed by atoms with van der Waals surface area (Å²) in [5, 5.41) is 12.0. The highest BCUT2D eigenvalue weighted by atomic mass is 35.5. The summed E-state index contributed by atoms with van der Waals surface area (Å²) in [5.74, 6) is 0.747. The van der Waals surface area contributed by atoms with Crippen LogP contribution < -0.4 is 0 Å². The molecule has 2 atom stereocenters. The minimum Gasteiger partial charge on any atom is -0.384 e. The zero-order chi connectivity index (χ0) is 11.3. The molecule has 0 heterocycles. The van der Waals surface area contributed by atoms with E-state index in [0.29, 0.717) is 21.9 Å². The maximum atomic E-state index is 10.8. The Bertz CT molecular complexity index is 398. The fourth-order valence-corrected chi connectivity index (χ4v) is 4.04. The predicted octanol–water partition coefficient (Wildman–Crippen LogP) is 4.00. The second-order valence-electron chi connectivity index (χ2n) is 4.92. The first-order valence-electron chi connectivity index (χ1n) is 5.82. The molecule has 1 aromatic carbocycles. The van der Waals surface area contributed by atoms with Crippen LogP contribution >= 0.6 is 23.2 Å². The minimum absolute atomic E-state index is 0.374. The van der Waals surface area contributed by atoms with Crippen molar-refractivity contribution in [3.63, 3.8) is 0 Å². The first kappa shape index (κ1) is 10.9. The zero-order valence-corrected chi connectivity index (χ0v) is 10.4. The van der Waals surface area contributed by atoms with Crippen LogP contribution in [0.15, 0.2) is 18.2 Å². The van der Waals surface area contributed by atoms with E-state index >= 15 is 0 Å². The van der Waals surface area contributed by atoms with E-state index in [-0.39, 0.29) is 0 Å². The molecule has 2 fully saturated rings. The van der Waals surface area contributed by atoms with Crippen LogP contribution in [0.2, 0.25) is 10.0 Å². The standard InChI is InChI=1S/C13H14Cl2O/c14-10-6-3-7-11(15)12(10)13(16)8-4-1-2-5-9(8)13/h3,6-9,16H,1-2,4-5H2. The number of hydrogen-bond acceptors (Lipinski definition) is 1. The lowest BCUT2D eigenvalue weighted by Crippen LogP contribution is -2.11. The van der Waals surface area contributed by atoms with Gasteiger partial charge < -0.3 is 5.11 Å². The van der Waals surface area contributed by atoms with E-state index in [0.717, 1.165) is 18.4 Å². The summed E-state index contributed by atoms with van der Waals surface area (Å²) < 4.78 is 0. The van der Waals surface area contributed by atoms with Gasteiger partial charge in [0.05, 0.1) is 5.60 Å². The Kier molecular flexibility index (Phi) is 2.47. The SMILES string of the molecule is OC1(c2c(Cl)cccc2Cl)C2CCCCC21. The van der Waals surface area contributed by atoms with Crippen molar-refractivity contribution in [1.82, 2.24) is 0 Å². The summed E-state index contributed by atoms with van der Waals surface area (Å²) in [7, 11) is 0. The predicted molar refractivity (Wildman–Crippen MR) is 65.8 cm³/mol. The molecule has 1 nitrogen and oxygen atoms in total. The van der Waals surface area contributed by atoms with E-state index in [1.807, 2.05) is 18.2 Å². The van der Waals surface area contributed by atoms with Gasteiger partial charge in [-0.3, -0.25) is 0 Å². The molecule has 0 aliphatic heterocycles. The van der Waals surface area contributed by atoms with Gasteiger partial charge in [-0.15, -0.1) is 0 Å². The smallest absolute Gasteiger partial charge is 0.0988 e. The van der Waals surface area contributed by atoms with Gasteiger partial charge in [0, 0.05) is 15.6 Å². The van der Waals surface area contributed by atoms with Crippen LogP contribution in [0.5, 0.6) is 0 Å². The lowest BCUT2D eigenvalue weighted by molar-refractivity contribution is 0.118. The Hall–Kier alpha value is -0.240. The Labute approximate surface area is 105 Å². The number of halogens is 2. The molecule has 0 bridgehead atoms. The molecule has 1 N–H and O–H groups in total. The van der Waals surface area contributed by atoms with Gasteiger partial charge in [-0.25, -0.2) is 0 Å². The average Bonchev–Trinajstić information content (AvgIpc) is 2.86. The topological polar surface area (TPSA) is 20.2 Å². The highest BCUT2D eigenvalue weighted by molar-refractivity contribution is 6.36. The van der Waals surface area contributed by atoms with Crippen molar-refractivity contribution in [2.24, 2.45) is 11.8 Å². The van der Waals surface area contributed by atoms with Crippen molar-refractivity contribution in [2.45, 2.75) is 31.3 Å². The molecule has 2 aliphatic rings. The molecule has 0 radical (unpaired) electrons. The summed E-state index contributed by atoms with van der Waals surface area (Å²) in [6.45, 7) is 0. The normalized spacial score (nSPS) is 36.9. The van der Waals surface area contributed by atoms with Crippen molar-refractivity contribution in [3.8, 4) is 0 Å². The van der Waals surface area contributed by atoms with E-state index in [2.05, 4.69) is 0 Å². The highest BCUT2D eigenvalue weighted by Gasteiger charge is 2.65. The molecule has 1 aromatic rings. The van der Waals surface area contributed by atoms with Crippen molar-refractivity contribution in [3.05, 3.63) is 33.8 Å². The van der Waals surface area contributed by atoms with E-state index in [9.17, 15) is 5.11 Å². The molecule has 0 aromatic heterocycles. The van der Waals surface area contributed by atoms with E-state index in [4.69, 9.17) is 23.2 Å². The van der Waals surface area contributed by atoms with E-state index in [1.54, 1.807) is 0 Å². The van der Waals surface area contributed by atoms with Crippen molar-refractivity contribution in [2.75, 3.05) is 0 Å². The van der Waals surface area contributed by atoms with Crippen LogP contribution in [-0.4, -0.2) is 5.11 Å². The molecule has 3 rings (SSSR count). The van der Waals surface area contributed by atoms with Crippen molar-refractivity contribution >= 4 is 23.2 Å². The van der Waals surface area contributed by atoms with Gasteiger partial charge in [0.1, 0.15) is 0 Å². The molecule has 2 unspecified atom stereocenters. The third kappa shape index (κ3) is 1.35. The summed E-state index contributed by atoms with van der Waals surface area (Å²) in [6, 6.07) is 5.44. The third-order valence-corrected chi connectivity index (χ3v) is 4.78. The summed E-state index contributed by atoms with van der Waals surface area (Å²) in [5.41, 5.74) is 0.0154. The summed E-state index contributed by atoms with van der Waals surface area (Å²) in [4.78, 5) is 0. The number of benzene rings is 1. The van der Waals surface area contributed by atoms with Gasteiger partial charge in [-0.05, 0) is 36.8 Å². The van der Waals surface area contributed by atoms with Crippen LogP contribution in [0.1, 0.15) is 31.2 Å². The lowest BCUT2D eigenvalue weighted by atomic mass is 10.0. The fraction of sp³-hybridized carbons (Fsp3) is 0.538. The second-order valence-corrected chi connectivity index (χ2v) is 5.73. The molecule has 86 valence electrons. The monoisotopic (exact) mass is 256 g/mol. The maximum absolute atomic E-state index is 10.8. The Morgan fingerprint density at radius 3 is 2.06 bits per heavy atom. The molecule has 16 heavy (non-hydrogen) atoms. The van der Waals surface area contributed by atoms with Crippen molar-refractivity contribution < 1.29 is 5.11 Å². The van der Waals surface area contributed by atoms with E-state index in [1.165, 1.54) is 12.8 Å². The molecular formula is C13H14Cl2O. The largest absolute Gasteiger partial charge is 0.384 e. The number of rotatable bonds is 1. The van der Waals surface area contributed by atoms with Crippen LogP contribution in [0.25, 0.3) is 0 Å². The second kappa shape index (κ2) is 3.63. The van der Waals surface area contributed by atoms with Gasteiger partial charge in [-0.2, -0.15) is 0 Å². The molecule has 0 saturated heterocycles. The van der Waals surface area contributed by atoms with Crippen LogP contribution in [0.4, 0.5) is 0 Å². The van der Waals surface area contributed by atoms with Gasteiger partial charge in [-0.1, -0.05) is 42.1 Å². The molecule has 2 aliphatic carbocycles. The number of hydrogen-bond donors (Lipinski definition) is 1. The molecular weight excluding hydrogens is 243 g/mol. The van der Waals surface area contributed by atoms with Crippen LogP contribution in [-0.2, 0) is 5.60 Å². The van der Waals surface area contributed by atoms with Crippen molar-refractivity contribution in [1.29, 1.82) is 0 Å².